The third-order valence-electron chi connectivity index (χ3n) is 12.4. The summed E-state index contributed by atoms with van der Waals surface area (Å²) < 4.78 is 16.8. The first-order valence-electron chi connectivity index (χ1n) is 28.0. The lowest BCUT2D eigenvalue weighted by molar-refractivity contribution is -0.166. The average Bonchev–Trinajstić information content (AvgIpc) is 3.29. The van der Waals surface area contributed by atoms with E-state index < -0.39 is 6.10 Å². The Bertz CT molecular complexity index is 1080. The predicted octanol–water partition coefficient (Wildman–Crippen LogP) is 18.5. The van der Waals surface area contributed by atoms with Crippen molar-refractivity contribution in [3.05, 3.63) is 36.5 Å². The van der Waals surface area contributed by atoms with E-state index in [9.17, 15) is 14.4 Å². The van der Waals surface area contributed by atoms with Crippen LogP contribution in [0.15, 0.2) is 36.5 Å². The molecule has 0 saturated carbocycles. The molecular formula is C58H106O6. The van der Waals surface area contributed by atoms with Crippen LogP contribution in [0.5, 0.6) is 0 Å². The number of esters is 3. The molecule has 0 aliphatic heterocycles. The fourth-order valence-electron chi connectivity index (χ4n) is 8.14. The van der Waals surface area contributed by atoms with E-state index in [0.717, 1.165) is 57.8 Å². The van der Waals surface area contributed by atoms with Gasteiger partial charge in [0.15, 0.2) is 6.10 Å². The van der Waals surface area contributed by atoms with Gasteiger partial charge in [-0.15, -0.1) is 0 Å². The fraction of sp³-hybridized carbons (Fsp3) is 0.845. The predicted molar refractivity (Wildman–Crippen MR) is 275 cm³/mol. The molecule has 0 bridgehead atoms. The lowest BCUT2D eigenvalue weighted by Gasteiger charge is -2.18. The maximum atomic E-state index is 12.8. The molecule has 374 valence electrons. The lowest BCUT2D eigenvalue weighted by Crippen LogP contribution is -2.30. The van der Waals surface area contributed by atoms with Gasteiger partial charge in [-0.2, -0.15) is 0 Å². The van der Waals surface area contributed by atoms with Gasteiger partial charge < -0.3 is 14.2 Å². The van der Waals surface area contributed by atoms with Gasteiger partial charge >= 0.3 is 17.9 Å². The van der Waals surface area contributed by atoms with Gasteiger partial charge in [-0.25, -0.2) is 0 Å². The zero-order valence-corrected chi connectivity index (χ0v) is 42.8. The van der Waals surface area contributed by atoms with Crippen LogP contribution in [0.2, 0.25) is 0 Å². The van der Waals surface area contributed by atoms with Crippen LogP contribution in [0.25, 0.3) is 0 Å². The van der Waals surface area contributed by atoms with Gasteiger partial charge in [-0.3, -0.25) is 14.4 Å². The SMILES string of the molecule is CCCCCCCC/C=C\C/C=C\CCC(=O)OCC(COC(=O)CCCCCCC/C=C\CCCCCCCCCCC)OC(=O)CCCCCCCCCCCCCCCCC. The summed E-state index contributed by atoms with van der Waals surface area (Å²) in [7, 11) is 0. The van der Waals surface area contributed by atoms with Crippen molar-refractivity contribution in [3.8, 4) is 0 Å². The fourth-order valence-corrected chi connectivity index (χ4v) is 8.14. The molecule has 0 heterocycles. The Morgan fingerprint density at radius 1 is 0.312 bits per heavy atom. The minimum Gasteiger partial charge on any atom is -0.462 e. The zero-order valence-electron chi connectivity index (χ0n) is 42.8. The van der Waals surface area contributed by atoms with Gasteiger partial charge in [0.1, 0.15) is 13.2 Å². The Balaban J connectivity index is 4.39. The van der Waals surface area contributed by atoms with E-state index in [4.69, 9.17) is 14.2 Å². The number of unbranched alkanes of at least 4 members (excludes halogenated alkanes) is 34. The van der Waals surface area contributed by atoms with Crippen molar-refractivity contribution in [2.75, 3.05) is 13.2 Å². The van der Waals surface area contributed by atoms with Gasteiger partial charge in [0, 0.05) is 19.3 Å². The summed E-state index contributed by atoms with van der Waals surface area (Å²) in [5.41, 5.74) is 0. The Morgan fingerprint density at radius 2 is 0.594 bits per heavy atom. The molecule has 0 saturated heterocycles. The highest BCUT2D eigenvalue weighted by molar-refractivity contribution is 5.71. The van der Waals surface area contributed by atoms with Gasteiger partial charge in [0.2, 0.25) is 0 Å². The van der Waals surface area contributed by atoms with Gasteiger partial charge in [-0.1, -0.05) is 250 Å². The van der Waals surface area contributed by atoms with Gasteiger partial charge in [-0.05, 0) is 64.2 Å². The molecule has 64 heavy (non-hydrogen) atoms. The van der Waals surface area contributed by atoms with E-state index in [-0.39, 0.29) is 37.5 Å². The van der Waals surface area contributed by atoms with Crippen LogP contribution in [-0.2, 0) is 28.6 Å². The molecule has 1 atom stereocenters. The van der Waals surface area contributed by atoms with Gasteiger partial charge in [0.25, 0.3) is 0 Å². The molecule has 0 radical (unpaired) electrons. The number of allylic oxidation sites excluding steroid dienone is 6. The number of hydrogen-bond donors (Lipinski definition) is 0. The quantitative estimate of drug-likeness (QED) is 0.0262. The van der Waals surface area contributed by atoms with E-state index in [1.807, 2.05) is 6.08 Å². The van der Waals surface area contributed by atoms with E-state index in [1.165, 1.54) is 193 Å². The summed E-state index contributed by atoms with van der Waals surface area (Å²) in [4.78, 5) is 38.0. The molecule has 0 N–H and O–H groups in total. The Labute approximate surface area is 397 Å². The van der Waals surface area contributed by atoms with Crippen molar-refractivity contribution in [1.29, 1.82) is 0 Å². The monoisotopic (exact) mass is 899 g/mol. The minimum absolute atomic E-state index is 0.0902. The summed E-state index contributed by atoms with van der Waals surface area (Å²) in [6.45, 7) is 6.61. The Morgan fingerprint density at radius 3 is 0.969 bits per heavy atom. The molecular weight excluding hydrogens is 793 g/mol. The second-order valence-corrected chi connectivity index (χ2v) is 18.8. The summed E-state index contributed by atoms with van der Waals surface area (Å²) >= 11 is 0. The largest absolute Gasteiger partial charge is 0.462 e. The Hall–Kier alpha value is -2.37. The first kappa shape index (κ1) is 61.6. The van der Waals surface area contributed by atoms with Crippen LogP contribution >= 0.6 is 0 Å². The summed E-state index contributed by atoms with van der Waals surface area (Å²) in [6, 6.07) is 0. The van der Waals surface area contributed by atoms with Crippen LogP contribution < -0.4 is 0 Å². The molecule has 0 amide bonds. The van der Waals surface area contributed by atoms with Crippen LogP contribution in [0.3, 0.4) is 0 Å². The zero-order chi connectivity index (χ0) is 46.5. The van der Waals surface area contributed by atoms with E-state index >= 15 is 0 Å². The summed E-state index contributed by atoms with van der Waals surface area (Å²) in [6.07, 6.45) is 62.9. The van der Waals surface area contributed by atoms with Crippen molar-refractivity contribution in [2.24, 2.45) is 0 Å². The van der Waals surface area contributed by atoms with Crippen LogP contribution in [0.4, 0.5) is 0 Å². The Kier molecular flexibility index (Phi) is 51.3. The van der Waals surface area contributed by atoms with Crippen LogP contribution in [0.1, 0.15) is 297 Å². The maximum Gasteiger partial charge on any atom is 0.306 e. The average molecular weight is 899 g/mol. The molecule has 0 aromatic rings. The van der Waals surface area contributed by atoms with E-state index in [1.54, 1.807) is 0 Å². The molecule has 0 rings (SSSR count). The van der Waals surface area contributed by atoms with Crippen LogP contribution in [-0.4, -0.2) is 37.2 Å². The van der Waals surface area contributed by atoms with Crippen molar-refractivity contribution in [1.82, 2.24) is 0 Å². The smallest absolute Gasteiger partial charge is 0.306 e. The van der Waals surface area contributed by atoms with Crippen molar-refractivity contribution in [2.45, 2.75) is 303 Å². The number of ether oxygens (including phenoxy) is 3. The third-order valence-corrected chi connectivity index (χ3v) is 12.4. The number of rotatable bonds is 51. The second kappa shape index (κ2) is 53.2. The van der Waals surface area contributed by atoms with E-state index in [2.05, 4.69) is 51.2 Å². The van der Waals surface area contributed by atoms with Crippen molar-refractivity contribution >= 4 is 17.9 Å². The molecule has 1 unspecified atom stereocenters. The second-order valence-electron chi connectivity index (χ2n) is 18.8. The van der Waals surface area contributed by atoms with Crippen molar-refractivity contribution in [3.63, 3.8) is 0 Å². The highest BCUT2D eigenvalue weighted by atomic mass is 16.6. The number of hydrogen-bond acceptors (Lipinski definition) is 6. The number of carbonyl (C=O) groups excluding carboxylic acids is 3. The minimum atomic E-state index is -0.794. The molecule has 0 aromatic carbocycles. The normalized spacial score (nSPS) is 12.2. The molecule has 6 nitrogen and oxygen atoms in total. The maximum absolute atomic E-state index is 12.8. The molecule has 0 fully saturated rings. The molecule has 0 aromatic heterocycles. The summed E-state index contributed by atoms with van der Waals surface area (Å²) in [5.74, 6) is -0.953. The molecule has 0 spiro atoms. The third kappa shape index (κ3) is 50.6. The van der Waals surface area contributed by atoms with E-state index in [0.29, 0.717) is 19.3 Å². The molecule has 0 aliphatic rings. The topological polar surface area (TPSA) is 78.9 Å². The molecule has 6 heteroatoms. The van der Waals surface area contributed by atoms with Crippen LogP contribution in [0, 0.1) is 0 Å². The highest BCUT2D eigenvalue weighted by Gasteiger charge is 2.19. The standard InChI is InChI=1S/C58H106O6/c1-4-7-10-13-16-19-22-25-27-28-29-31-33-36-39-42-45-48-51-57(60)63-54-55(53-62-56(59)50-47-44-41-38-35-32-24-21-18-15-12-9-6-3)64-58(61)52-49-46-43-40-37-34-30-26-23-20-17-14-11-8-5-2/h29,31-32,35,41,44,55H,4-28,30,33-34,36-40,42-43,45-54H2,1-3H3/b31-29-,35-32-,44-41-. The lowest BCUT2D eigenvalue weighted by atomic mass is 10.0. The first-order chi connectivity index (χ1) is 31.5. The molecule has 0 aliphatic carbocycles. The highest BCUT2D eigenvalue weighted by Crippen LogP contribution is 2.16. The number of carbonyl (C=O) groups is 3. The van der Waals surface area contributed by atoms with Gasteiger partial charge in [0.05, 0.1) is 0 Å². The first-order valence-corrected chi connectivity index (χ1v) is 28.0. The summed E-state index contributed by atoms with van der Waals surface area (Å²) in [5, 5.41) is 0. The van der Waals surface area contributed by atoms with Crippen molar-refractivity contribution < 1.29 is 28.6 Å².